The Labute approximate surface area is 158 Å². The molecule has 0 saturated carbocycles. The molecular formula is C18H23ClN4O3. The summed E-state index contributed by atoms with van der Waals surface area (Å²) in [5, 5.41) is 6.08. The van der Waals surface area contributed by atoms with Crippen LogP contribution in [0.1, 0.15) is 35.2 Å². The van der Waals surface area contributed by atoms with E-state index < -0.39 is 0 Å². The van der Waals surface area contributed by atoms with Gasteiger partial charge in [-0.2, -0.15) is 0 Å². The van der Waals surface area contributed by atoms with E-state index in [2.05, 4.69) is 10.6 Å². The van der Waals surface area contributed by atoms with Gasteiger partial charge in [0.2, 0.25) is 5.91 Å². The van der Waals surface area contributed by atoms with Gasteiger partial charge < -0.3 is 15.5 Å². The number of carbonyl (C=O) groups is 3. The van der Waals surface area contributed by atoms with Crippen molar-refractivity contribution >= 4 is 30.3 Å². The van der Waals surface area contributed by atoms with Gasteiger partial charge in [0.1, 0.15) is 0 Å². The highest BCUT2D eigenvalue weighted by Gasteiger charge is 2.31. The Bertz CT molecular complexity index is 693. The van der Waals surface area contributed by atoms with Crippen molar-refractivity contribution in [2.24, 2.45) is 0 Å². The second kappa shape index (κ2) is 7.63. The fourth-order valence-electron chi connectivity index (χ4n) is 3.86. The smallest absolute Gasteiger partial charge is 0.324 e. The summed E-state index contributed by atoms with van der Waals surface area (Å²) >= 11 is 0. The van der Waals surface area contributed by atoms with Gasteiger partial charge in [-0.3, -0.25) is 14.5 Å². The number of hydrogen-bond acceptors (Lipinski definition) is 4. The number of carbonyl (C=O) groups excluding carboxylic acids is 3. The van der Waals surface area contributed by atoms with Gasteiger partial charge in [0.15, 0.2) is 0 Å². The normalized spacial score (nSPS) is 24.9. The summed E-state index contributed by atoms with van der Waals surface area (Å²) in [6.07, 6.45) is 3.36. The Morgan fingerprint density at radius 2 is 1.81 bits per heavy atom. The summed E-state index contributed by atoms with van der Waals surface area (Å²) < 4.78 is 0. The SMILES string of the molecule is Cl.O=C(c1ccc(CN2C(=O)CNC2=O)cc1)N1CCC2CCC(C1)N2. The first-order valence-corrected chi connectivity index (χ1v) is 8.82. The number of imide groups is 1. The molecule has 7 nitrogen and oxygen atoms in total. The largest absolute Gasteiger partial charge is 0.337 e. The van der Waals surface area contributed by atoms with Crippen LogP contribution >= 0.6 is 12.4 Å². The second-order valence-corrected chi connectivity index (χ2v) is 7.01. The number of benzene rings is 1. The van der Waals surface area contributed by atoms with Gasteiger partial charge in [-0.1, -0.05) is 12.1 Å². The van der Waals surface area contributed by atoms with Crippen molar-refractivity contribution in [3.8, 4) is 0 Å². The average molecular weight is 379 g/mol. The van der Waals surface area contributed by atoms with Gasteiger partial charge in [0.05, 0.1) is 13.1 Å². The lowest BCUT2D eigenvalue weighted by atomic mass is 10.1. The third-order valence-corrected chi connectivity index (χ3v) is 5.29. The minimum absolute atomic E-state index is 0. The summed E-state index contributed by atoms with van der Waals surface area (Å²) in [5.41, 5.74) is 1.48. The molecule has 3 aliphatic heterocycles. The summed E-state index contributed by atoms with van der Waals surface area (Å²) in [5.74, 6) is -0.173. The molecule has 4 rings (SSSR count). The molecule has 2 atom stereocenters. The van der Waals surface area contributed by atoms with Crippen LogP contribution in [-0.4, -0.2) is 59.4 Å². The van der Waals surface area contributed by atoms with Crippen LogP contribution in [0.15, 0.2) is 24.3 Å². The van der Waals surface area contributed by atoms with E-state index in [9.17, 15) is 14.4 Å². The monoisotopic (exact) mass is 378 g/mol. The standard InChI is InChI=1S/C18H22N4O3.ClH/c23-16-9-19-18(25)22(16)10-12-1-3-13(4-2-12)17(24)21-8-7-14-5-6-15(11-21)20-14;/h1-4,14-15,20H,5-11H2,(H,19,25);1H. The third-order valence-electron chi connectivity index (χ3n) is 5.29. The minimum atomic E-state index is -0.364. The first-order valence-electron chi connectivity index (χ1n) is 8.82. The van der Waals surface area contributed by atoms with Crippen molar-refractivity contribution in [1.82, 2.24) is 20.4 Å². The number of likely N-dealkylation sites (tertiary alicyclic amines) is 1. The molecule has 26 heavy (non-hydrogen) atoms. The summed E-state index contributed by atoms with van der Waals surface area (Å²) in [6, 6.07) is 7.80. The zero-order valence-electron chi connectivity index (χ0n) is 14.4. The molecule has 0 radical (unpaired) electrons. The molecule has 8 heteroatoms. The van der Waals surface area contributed by atoms with Gasteiger partial charge in [-0.05, 0) is 37.0 Å². The van der Waals surface area contributed by atoms with Crippen molar-refractivity contribution in [2.75, 3.05) is 19.6 Å². The van der Waals surface area contributed by atoms with E-state index in [1.54, 1.807) is 12.1 Å². The lowest BCUT2D eigenvalue weighted by molar-refractivity contribution is -0.125. The van der Waals surface area contributed by atoms with Gasteiger partial charge in [-0.15, -0.1) is 12.4 Å². The predicted molar refractivity (Wildman–Crippen MR) is 98.1 cm³/mol. The van der Waals surface area contributed by atoms with E-state index >= 15 is 0 Å². The quantitative estimate of drug-likeness (QED) is 0.772. The van der Waals surface area contributed by atoms with Gasteiger partial charge in [0.25, 0.3) is 5.91 Å². The number of halogens is 1. The molecule has 0 spiro atoms. The lowest BCUT2D eigenvalue weighted by Gasteiger charge is -2.24. The number of amides is 4. The molecule has 2 N–H and O–H groups in total. The number of nitrogens with one attached hydrogen (secondary N) is 2. The number of rotatable bonds is 3. The molecule has 4 amide bonds. The fraction of sp³-hybridized carbons (Fsp3) is 0.500. The Kier molecular flexibility index (Phi) is 5.48. The van der Waals surface area contributed by atoms with Crippen molar-refractivity contribution in [2.45, 2.75) is 37.9 Å². The zero-order chi connectivity index (χ0) is 17.4. The topological polar surface area (TPSA) is 81.8 Å². The number of hydrogen-bond donors (Lipinski definition) is 2. The molecule has 0 aliphatic carbocycles. The Morgan fingerprint density at radius 1 is 1.08 bits per heavy atom. The molecule has 3 fully saturated rings. The van der Waals surface area contributed by atoms with E-state index in [1.807, 2.05) is 17.0 Å². The first-order chi connectivity index (χ1) is 12.1. The second-order valence-electron chi connectivity index (χ2n) is 7.01. The maximum Gasteiger partial charge on any atom is 0.324 e. The van der Waals surface area contributed by atoms with E-state index in [0.29, 0.717) is 17.6 Å². The first kappa shape index (κ1) is 18.7. The van der Waals surface area contributed by atoms with Gasteiger partial charge >= 0.3 is 6.03 Å². The van der Waals surface area contributed by atoms with Crippen LogP contribution in [0.2, 0.25) is 0 Å². The number of urea groups is 1. The molecule has 1 aromatic carbocycles. The summed E-state index contributed by atoms with van der Waals surface area (Å²) in [7, 11) is 0. The Morgan fingerprint density at radius 3 is 2.50 bits per heavy atom. The maximum atomic E-state index is 12.8. The number of fused-ring (bicyclic) bond motifs is 2. The minimum Gasteiger partial charge on any atom is -0.337 e. The van der Waals surface area contributed by atoms with Crippen LogP contribution in [0, 0.1) is 0 Å². The molecule has 1 aromatic rings. The average Bonchev–Trinajstić information content (AvgIpc) is 3.11. The van der Waals surface area contributed by atoms with E-state index in [1.165, 1.54) is 11.3 Å². The van der Waals surface area contributed by atoms with E-state index in [-0.39, 0.29) is 43.3 Å². The van der Waals surface area contributed by atoms with Crippen LogP contribution in [-0.2, 0) is 11.3 Å². The van der Waals surface area contributed by atoms with Gasteiger partial charge in [0, 0.05) is 30.7 Å². The van der Waals surface area contributed by atoms with E-state index in [4.69, 9.17) is 0 Å². The molecular weight excluding hydrogens is 356 g/mol. The predicted octanol–water partition coefficient (Wildman–Crippen LogP) is 1.13. The lowest BCUT2D eigenvalue weighted by Crippen LogP contribution is -2.39. The molecule has 0 aromatic heterocycles. The van der Waals surface area contributed by atoms with Crippen LogP contribution in [0.25, 0.3) is 0 Å². The van der Waals surface area contributed by atoms with Crippen molar-refractivity contribution in [1.29, 1.82) is 0 Å². The molecule has 2 bridgehead atoms. The van der Waals surface area contributed by atoms with Gasteiger partial charge in [-0.25, -0.2) is 4.79 Å². The molecule has 140 valence electrons. The maximum absolute atomic E-state index is 12.8. The summed E-state index contributed by atoms with van der Waals surface area (Å²) in [4.78, 5) is 39.1. The van der Waals surface area contributed by atoms with Crippen molar-refractivity contribution < 1.29 is 14.4 Å². The van der Waals surface area contributed by atoms with Crippen LogP contribution in [0.4, 0.5) is 4.79 Å². The van der Waals surface area contributed by atoms with E-state index in [0.717, 1.165) is 31.5 Å². The van der Waals surface area contributed by atoms with Crippen molar-refractivity contribution in [3.63, 3.8) is 0 Å². The molecule has 3 saturated heterocycles. The third kappa shape index (κ3) is 3.68. The fourth-order valence-corrected chi connectivity index (χ4v) is 3.86. The highest BCUT2D eigenvalue weighted by molar-refractivity contribution is 6.01. The van der Waals surface area contributed by atoms with Crippen LogP contribution in [0.3, 0.4) is 0 Å². The number of nitrogens with zero attached hydrogens (tertiary/aromatic N) is 2. The molecule has 3 aliphatic rings. The Hall–Kier alpha value is -2.12. The highest BCUT2D eigenvalue weighted by atomic mass is 35.5. The highest BCUT2D eigenvalue weighted by Crippen LogP contribution is 2.22. The van der Waals surface area contributed by atoms with Crippen LogP contribution < -0.4 is 10.6 Å². The van der Waals surface area contributed by atoms with Crippen LogP contribution in [0.5, 0.6) is 0 Å². The zero-order valence-corrected chi connectivity index (χ0v) is 15.3. The molecule has 2 unspecified atom stereocenters. The summed E-state index contributed by atoms with van der Waals surface area (Å²) in [6.45, 7) is 1.84. The van der Waals surface area contributed by atoms with Crippen molar-refractivity contribution in [3.05, 3.63) is 35.4 Å². The molecule has 3 heterocycles. The Balaban J connectivity index is 0.00000196.